The van der Waals surface area contributed by atoms with E-state index < -0.39 is 0 Å². The third kappa shape index (κ3) is 2.90. The highest BCUT2D eigenvalue weighted by atomic mass is 16.5. The highest BCUT2D eigenvalue weighted by Crippen LogP contribution is 2.42. The van der Waals surface area contributed by atoms with Crippen molar-refractivity contribution in [3.8, 4) is 0 Å². The van der Waals surface area contributed by atoms with Gasteiger partial charge in [0.1, 0.15) is 11.7 Å². The maximum absolute atomic E-state index is 6.34. The topological polar surface area (TPSA) is 34.5 Å². The van der Waals surface area contributed by atoms with E-state index in [1.807, 2.05) is 30.3 Å². The average molecular weight is 340 g/mol. The lowest BCUT2D eigenvalue weighted by Gasteiger charge is -2.18. The summed E-state index contributed by atoms with van der Waals surface area (Å²) in [6.45, 7) is 0. The first kappa shape index (κ1) is 15.3. The second-order valence-electron chi connectivity index (χ2n) is 6.96. The average Bonchev–Trinajstić information content (AvgIpc) is 3.48. The Labute approximate surface area is 153 Å². The number of pyridine rings is 1. The van der Waals surface area contributed by atoms with Crippen molar-refractivity contribution >= 4 is 5.90 Å². The summed E-state index contributed by atoms with van der Waals surface area (Å²) in [6, 6.07) is 26.8. The molecule has 0 amide bonds. The molecule has 3 heteroatoms. The van der Waals surface area contributed by atoms with Gasteiger partial charge in [-0.1, -0.05) is 66.7 Å². The van der Waals surface area contributed by atoms with Crippen LogP contribution in [0.4, 0.5) is 0 Å². The second-order valence-corrected chi connectivity index (χ2v) is 6.96. The van der Waals surface area contributed by atoms with Crippen LogP contribution in [0.5, 0.6) is 0 Å². The van der Waals surface area contributed by atoms with Gasteiger partial charge in [0.15, 0.2) is 6.10 Å². The van der Waals surface area contributed by atoms with Crippen LogP contribution in [0.15, 0.2) is 83.9 Å². The molecule has 26 heavy (non-hydrogen) atoms. The number of hydrogen-bond donors (Lipinski definition) is 0. The van der Waals surface area contributed by atoms with Crippen molar-refractivity contribution < 1.29 is 4.74 Å². The molecule has 128 valence electrons. The predicted octanol–water partition coefficient (Wildman–Crippen LogP) is 5.22. The highest BCUT2D eigenvalue weighted by molar-refractivity contribution is 5.93. The standard InChI is InChI=1S/C23H20N2O/c1-3-8-17(9-4-1)21-22(18-10-5-2-6-11-18)26-23(25-21)20-13-7-12-19(24-20)16-14-15-16/h1-13,16,21-22H,14-15H2/t21-,22+/m1/s1. The third-order valence-corrected chi connectivity index (χ3v) is 5.04. The predicted molar refractivity (Wildman–Crippen MR) is 102 cm³/mol. The molecule has 1 aromatic heterocycles. The summed E-state index contributed by atoms with van der Waals surface area (Å²) in [5, 5.41) is 0. The van der Waals surface area contributed by atoms with Gasteiger partial charge in [-0.3, -0.25) is 0 Å². The Kier molecular flexibility index (Phi) is 3.78. The Morgan fingerprint density at radius 3 is 2.12 bits per heavy atom. The Morgan fingerprint density at radius 2 is 1.42 bits per heavy atom. The minimum atomic E-state index is -0.125. The quantitative estimate of drug-likeness (QED) is 0.653. The van der Waals surface area contributed by atoms with Crippen LogP contribution in [0, 0.1) is 0 Å². The number of aromatic nitrogens is 1. The Bertz CT molecular complexity index is 933. The van der Waals surface area contributed by atoms with Gasteiger partial charge in [-0.05, 0) is 36.1 Å². The smallest absolute Gasteiger partial charge is 0.236 e. The fourth-order valence-corrected chi connectivity index (χ4v) is 3.51. The molecule has 2 atom stereocenters. The van der Waals surface area contributed by atoms with E-state index in [-0.39, 0.29) is 12.1 Å². The Hall–Kier alpha value is -2.94. The van der Waals surface area contributed by atoms with Crippen molar-refractivity contribution in [3.63, 3.8) is 0 Å². The van der Waals surface area contributed by atoms with E-state index in [0.717, 1.165) is 22.5 Å². The molecule has 1 aliphatic carbocycles. The van der Waals surface area contributed by atoms with E-state index in [2.05, 4.69) is 48.5 Å². The van der Waals surface area contributed by atoms with E-state index in [1.165, 1.54) is 12.8 Å². The second kappa shape index (κ2) is 6.41. The number of hydrogen-bond acceptors (Lipinski definition) is 3. The molecule has 0 radical (unpaired) electrons. The maximum atomic E-state index is 6.34. The van der Waals surface area contributed by atoms with Gasteiger partial charge >= 0.3 is 0 Å². The summed E-state index contributed by atoms with van der Waals surface area (Å²) >= 11 is 0. The maximum Gasteiger partial charge on any atom is 0.236 e. The minimum absolute atomic E-state index is 0.0556. The fraction of sp³-hybridized carbons (Fsp3) is 0.217. The summed E-state index contributed by atoms with van der Waals surface area (Å²) in [7, 11) is 0. The number of aliphatic imine (C=N–C) groups is 1. The van der Waals surface area contributed by atoms with E-state index in [0.29, 0.717) is 11.8 Å². The number of nitrogens with zero attached hydrogens (tertiary/aromatic N) is 2. The van der Waals surface area contributed by atoms with Crippen LogP contribution in [-0.4, -0.2) is 10.9 Å². The highest BCUT2D eigenvalue weighted by Gasteiger charge is 2.35. The molecule has 0 unspecified atom stereocenters. The SMILES string of the molecule is c1ccc([C@H]2N=C(c3cccc(C4CC4)n3)O[C@H]2c2ccccc2)cc1. The van der Waals surface area contributed by atoms with Crippen molar-refractivity contribution in [3.05, 3.63) is 101 Å². The molecule has 0 N–H and O–H groups in total. The molecule has 2 heterocycles. The Balaban J connectivity index is 1.53. The molecule has 1 fully saturated rings. The van der Waals surface area contributed by atoms with Crippen molar-refractivity contribution in [2.24, 2.45) is 4.99 Å². The van der Waals surface area contributed by atoms with Crippen LogP contribution in [0.2, 0.25) is 0 Å². The molecule has 3 nitrogen and oxygen atoms in total. The zero-order valence-electron chi connectivity index (χ0n) is 14.5. The Morgan fingerprint density at radius 1 is 0.731 bits per heavy atom. The first-order chi connectivity index (χ1) is 12.9. The first-order valence-electron chi connectivity index (χ1n) is 9.20. The molecule has 2 aliphatic rings. The molecule has 5 rings (SSSR count). The fourth-order valence-electron chi connectivity index (χ4n) is 3.51. The molecule has 0 bridgehead atoms. The van der Waals surface area contributed by atoms with Crippen LogP contribution in [-0.2, 0) is 4.74 Å². The van der Waals surface area contributed by atoms with Crippen molar-refractivity contribution in [1.29, 1.82) is 0 Å². The summed E-state index contributed by atoms with van der Waals surface area (Å²) in [5.41, 5.74) is 4.30. The molecule has 0 saturated heterocycles. The largest absolute Gasteiger partial charge is 0.465 e. The van der Waals surface area contributed by atoms with Crippen LogP contribution in [0.3, 0.4) is 0 Å². The molecular formula is C23H20N2O. The molecular weight excluding hydrogens is 320 g/mol. The van der Waals surface area contributed by atoms with Gasteiger partial charge in [-0.15, -0.1) is 0 Å². The van der Waals surface area contributed by atoms with Gasteiger partial charge < -0.3 is 4.74 Å². The first-order valence-corrected chi connectivity index (χ1v) is 9.20. The number of ether oxygens (including phenoxy) is 1. The van der Waals surface area contributed by atoms with Gasteiger partial charge in [-0.2, -0.15) is 0 Å². The third-order valence-electron chi connectivity index (χ3n) is 5.04. The molecule has 2 aromatic carbocycles. The zero-order valence-corrected chi connectivity index (χ0v) is 14.5. The number of rotatable bonds is 4. The normalized spacial score (nSPS) is 21.9. The van der Waals surface area contributed by atoms with Crippen LogP contribution in [0.1, 0.15) is 53.4 Å². The summed E-state index contributed by atoms with van der Waals surface area (Å²) < 4.78 is 6.34. The summed E-state index contributed by atoms with van der Waals surface area (Å²) in [5.74, 6) is 1.27. The van der Waals surface area contributed by atoms with Gasteiger partial charge in [0.05, 0.1) is 0 Å². The van der Waals surface area contributed by atoms with Crippen LogP contribution < -0.4 is 0 Å². The van der Waals surface area contributed by atoms with Crippen molar-refractivity contribution in [2.45, 2.75) is 30.9 Å². The van der Waals surface area contributed by atoms with Crippen molar-refractivity contribution in [1.82, 2.24) is 4.98 Å². The summed E-state index contributed by atoms with van der Waals surface area (Å²) in [6.07, 6.45) is 2.35. The lowest BCUT2D eigenvalue weighted by atomic mass is 9.97. The van der Waals surface area contributed by atoms with Gasteiger partial charge in [0.25, 0.3) is 0 Å². The van der Waals surface area contributed by atoms with Gasteiger partial charge in [0, 0.05) is 11.6 Å². The summed E-state index contributed by atoms with van der Waals surface area (Å²) in [4.78, 5) is 9.76. The zero-order chi connectivity index (χ0) is 17.3. The molecule has 0 spiro atoms. The lowest BCUT2D eigenvalue weighted by molar-refractivity contribution is 0.196. The minimum Gasteiger partial charge on any atom is -0.465 e. The molecule has 1 saturated carbocycles. The lowest BCUT2D eigenvalue weighted by Crippen LogP contribution is -2.10. The molecule has 3 aromatic rings. The van der Waals surface area contributed by atoms with Gasteiger partial charge in [0.2, 0.25) is 5.90 Å². The van der Waals surface area contributed by atoms with Crippen molar-refractivity contribution in [2.75, 3.05) is 0 Å². The van der Waals surface area contributed by atoms with E-state index in [4.69, 9.17) is 14.7 Å². The van der Waals surface area contributed by atoms with Crippen LogP contribution >= 0.6 is 0 Å². The monoisotopic (exact) mass is 340 g/mol. The van der Waals surface area contributed by atoms with Crippen LogP contribution in [0.25, 0.3) is 0 Å². The molecule has 1 aliphatic heterocycles. The van der Waals surface area contributed by atoms with E-state index in [9.17, 15) is 0 Å². The van der Waals surface area contributed by atoms with E-state index in [1.54, 1.807) is 0 Å². The number of benzene rings is 2. The van der Waals surface area contributed by atoms with E-state index >= 15 is 0 Å². The van der Waals surface area contributed by atoms with Gasteiger partial charge in [-0.25, -0.2) is 9.98 Å².